The van der Waals surface area contributed by atoms with Crippen molar-refractivity contribution < 1.29 is 51.8 Å². The molecule has 0 saturated carbocycles. The number of nitrogens with one attached hydrogen (secondary N) is 1. The highest BCUT2D eigenvalue weighted by molar-refractivity contribution is 8.07. The SMILES string of the molecule is CC(C)OP(O)(=S)OCCOCCOCCOP(=O)(O)OCC(CO)CCCCNC(=O)C(C)C. The zero-order valence-electron chi connectivity index (χ0n) is 21.1. The summed E-state index contributed by atoms with van der Waals surface area (Å²) in [6, 6.07) is 0. The molecule has 0 spiro atoms. The summed E-state index contributed by atoms with van der Waals surface area (Å²) >= 11 is 4.83. The van der Waals surface area contributed by atoms with Crippen LogP contribution in [0.5, 0.6) is 0 Å². The number of amides is 1. The van der Waals surface area contributed by atoms with Crippen molar-refractivity contribution in [1.29, 1.82) is 0 Å². The topological polar surface area (TPSA) is 162 Å². The fourth-order valence-corrected chi connectivity index (χ4v) is 4.90. The molecule has 0 aliphatic heterocycles. The molecule has 0 saturated heterocycles. The minimum atomic E-state index is -4.26. The Morgan fingerprint density at radius 1 is 0.914 bits per heavy atom. The molecule has 4 N–H and O–H groups in total. The Hall–Kier alpha value is -0.0100. The fourth-order valence-electron chi connectivity index (χ4n) is 2.48. The number of unbranched alkanes of at least 4 members (excludes halogenated alkanes) is 1. The molecule has 0 fully saturated rings. The third kappa shape index (κ3) is 21.8. The van der Waals surface area contributed by atoms with Gasteiger partial charge in [-0.25, -0.2) is 4.57 Å². The van der Waals surface area contributed by atoms with Gasteiger partial charge in [0, 0.05) is 25.0 Å². The number of carbonyl (C=O) groups is 1. The maximum atomic E-state index is 12.0. The van der Waals surface area contributed by atoms with Gasteiger partial charge >= 0.3 is 14.5 Å². The van der Waals surface area contributed by atoms with Gasteiger partial charge < -0.3 is 38.7 Å². The quantitative estimate of drug-likeness (QED) is 0.105. The molecule has 0 heterocycles. The Bertz CT molecular complexity index is 655. The van der Waals surface area contributed by atoms with Gasteiger partial charge in [0.1, 0.15) is 0 Å². The summed E-state index contributed by atoms with van der Waals surface area (Å²) in [5, 5.41) is 12.3. The predicted octanol–water partition coefficient (Wildman–Crippen LogP) is 2.36. The summed E-state index contributed by atoms with van der Waals surface area (Å²) in [6.07, 6.45) is 1.81. The molecule has 15 heteroatoms. The number of phosphoric ester groups is 1. The average molecular weight is 568 g/mol. The average Bonchev–Trinajstić information content (AvgIpc) is 2.75. The maximum Gasteiger partial charge on any atom is 0.472 e. The lowest BCUT2D eigenvalue weighted by Crippen LogP contribution is -2.28. The van der Waals surface area contributed by atoms with Crippen molar-refractivity contribution in [2.45, 2.75) is 53.1 Å². The van der Waals surface area contributed by atoms with Crippen molar-refractivity contribution in [3.8, 4) is 0 Å². The van der Waals surface area contributed by atoms with E-state index in [-0.39, 0.29) is 76.7 Å². The van der Waals surface area contributed by atoms with Crippen molar-refractivity contribution >= 4 is 32.3 Å². The molecule has 0 aromatic rings. The number of aliphatic hydroxyl groups excluding tert-OH is 1. The number of hydrogen-bond donors (Lipinski definition) is 4. The van der Waals surface area contributed by atoms with E-state index in [1.165, 1.54) is 0 Å². The van der Waals surface area contributed by atoms with Gasteiger partial charge in [-0.15, -0.1) is 0 Å². The number of hydrogen-bond acceptors (Lipinski definition) is 10. The second-order valence-electron chi connectivity index (χ2n) is 8.27. The third-order valence-electron chi connectivity index (χ3n) is 4.27. The van der Waals surface area contributed by atoms with E-state index in [2.05, 4.69) is 5.32 Å². The summed E-state index contributed by atoms with van der Waals surface area (Å²) < 4.78 is 42.5. The first kappa shape index (κ1) is 35.0. The van der Waals surface area contributed by atoms with Crippen molar-refractivity contribution in [2.24, 2.45) is 11.8 Å². The van der Waals surface area contributed by atoms with Crippen LogP contribution in [-0.4, -0.2) is 86.3 Å². The standard InChI is InChI=1S/C20H43NO11P2S/c1-17(2)20(23)21-8-6-5-7-19(15-22)16-31-33(24,25)29-13-11-27-9-10-28-12-14-30-34(26,35)32-18(3)4/h17-19,22H,5-16H2,1-4H3,(H,21,23)(H,24,25)(H,26,35). The van der Waals surface area contributed by atoms with Gasteiger partial charge in [-0.2, -0.15) is 0 Å². The summed E-state index contributed by atoms with van der Waals surface area (Å²) in [6.45, 7) is 4.75. The van der Waals surface area contributed by atoms with Gasteiger partial charge in [0.2, 0.25) is 5.91 Å². The highest BCUT2D eigenvalue weighted by Crippen LogP contribution is 2.45. The van der Waals surface area contributed by atoms with Gasteiger partial charge in [-0.1, -0.05) is 20.3 Å². The van der Waals surface area contributed by atoms with Crippen LogP contribution >= 0.6 is 14.5 Å². The molecule has 0 aliphatic rings. The van der Waals surface area contributed by atoms with Gasteiger partial charge in [0.05, 0.1) is 52.4 Å². The molecular weight excluding hydrogens is 524 g/mol. The molecule has 0 aliphatic carbocycles. The predicted molar refractivity (Wildman–Crippen MR) is 134 cm³/mol. The number of carbonyl (C=O) groups excluding carboxylic acids is 1. The van der Waals surface area contributed by atoms with Crippen LogP contribution in [-0.2, 0) is 48.7 Å². The van der Waals surface area contributed by atoms with Gasteiger partial charge in [0.15, 0.2) is 0 Å². The van der Waals surface area contributed by atoms with E-state index in [0.717, 1.165) is 12.8 Å². The molecule has 3 unspecified atom stereocenters. The lowest BCUT2D eigenvalue weighted by molar-refractivity contribution is -0.123. The monoisotopic (exact) mass is 567 g/mol. The van der Waals surface area contributed by atoms with Crippen LogP contribution in [0.1, 0.15) is 47.0 Å². The Labute approximate surface area is 213 Å². The first-order valence-electron chi connectivity index (χ1n) is 11.7. The number of phosphoric acid groups is 1. The Morgan fingerprint density at radius 3 is 2.03 bits per heavy atom. The first-order chi connectivity index (χ1) is 16.4. The molecule has 0 radical (unpaired) electrons. The molecular formula is C20H43NO11P2S. The summed E-state index contributed by atoms with van der Waals surface area (Å²) in [4.78, 5) is 31.0. The van der Waals surface area contributed by atoms with Gasteiger partial charge in [-0.3, -0.25) is 13.8 Å². The Balaban J connectivity index is 3.78. The van der Waals surface area contributed by atoms with E-state index in [1.807, 2.05) is 13.8 Å². The minimum absolute atomic E-state index is 0.00728. The fraction of sp³-hybridized carbons (Fsp3) is 0.950. The van der Waals surface area contributed by atoms with E-state index in [9.17, 15) is 24.3 Å². The molecule has 0 aromatic heterocycles. The van der Waals surface area contributed by atoms with Crippen LogP contribution in [0, 0.1) is 11.8 Å². The summed E-state index contributed by atoms with van der Waals surface area (Å²) in [7, 11) is -4.26. The van der Waals surface area contributed by atoms with E-state index < -0.39 is 14.5 Å². The van der Waals surface area contributed by atoms with Gasteiger partial charge in [0.25, 0.3) is 0 Å². The number of aliphatic hydroxyl groups is 1. The van der Waals surface area contributed by atoms with E-state index in [4.69, 9.17) is 39.4 Å². The van der Waals surface area contributed by atoms with Crippen molar-refractivity contribution in [3.63, 3.8) is 0 Å². The second-order valence-corrected chi connectivity index (χ2v) is 12.5. The van der Waals surface area contributed by atoms with Crippen molar-refractivity contribution in [3.05, 3.63) is 0 Å². The Kier molecular flexibility index (Phi) is 20.0. The van der Waals surface area contributed by atoms with Crippen LogP contribution < -0.4 is 5.32 Å². The second kappa shape index (κ2) is 20.0. The highest BCUT2D eigenvalue weighted by Gasteiger charge is 2.23. The molecule has 12 nitrogen and oxygen atoms in total. The van der Waals surface area contributed by atoms with Crippen LogP contribution in [0.25, 0.3) is 0 Å². The van der Waals surface area contributed by atoms with Crippen LogP contribution in [0.2, 0.25) is 0 Å². The van der Waals surface area contributed by atoms with Crippen LogP contribution in [0.4, 0.5) is 0 Å². The van der Waals surface area contributed by atoms with Crippen LogP contribution in [0.15, 0.2) is 0 Å². The number of rotatable bonds is 23. The molecule has 0 rings (SSSR count). The summed E-state index contributed by atoms with van der Waals surface area (Å²) in [5.74, 6) is -0.385. The maximum absolute atomic E-state index is 12.0. The van der Waals surface area contributed by atoms with Crippen molar-refractivity contribution in [2.75, 3.05) is 59.4 Å². The third-order valence-corrected chi connectivity index (χ3v) is 7.03. The molecule has 210 valence electrons. The smallest absolute Gasteiger partial charge is 0.396 e. The molecule has 0 bridgehead atoms. The van der Waals surface area contributed by atoms with E-state index in [0.29, 0.717) is 13.0 Å². The van der Waals surface area contributed by atoms with Crippen LogP contribution in [0.3, 0.4) is 0 Å². The largest absolute Gasteiger partial charge is 0.472 e. The molecule has 1 amide bonds. The minimum Gasteiger partial charge on any atom is -0.396 e. The Morgan fingerprint density at radius 2 is 1.49 bits per heavy atom. The summed E-state index contributed by atoms with van der Waals surface area (Å²) in [5.41, 5.74) is 0. The van der Waals surface area contributed by atoms with E-state index >= 15 is 0 Å². The molecule has 35 heavy (non-hydrogen) atoms. The molecule has 0 aromatic carbocycles. The van der Waals surface area contributed by atoms with Crippen molar-refractivity contribution in [1.82, 2.24) is 5.32 Å². The lowest BCUT2D eigenvalue weighted by atomic mass is 10.0. The van der Waals surface area contributed by atoms with E-state index in [1.54, 1.807) is 13.8 Å². The molecule has 3 atom stereocenters. The lowest BCUT2D eigenvalue weighted by Gasteiger charge is -2.18. The first-order valence-corrected chi connectivity index (χ1v) is 15.8. The zero-order chi connectivity index (χ0) is 26.7. The normalized spacial score (nSPS) is 16.3. The number of ether oxygens (including phenoxy) is 2. The van der Waals surface area contributed by atoms with Gasteiger partial charge in [-0.05, 0) is 38.5 Å². The highest BCUT2D eigenvalue weighted by atomic mass is 32.5. The zero-order valence-corrected chi connectivity index (χ0v) is 23.7.